The van der Waals surface area contributed by atoms with Crippen molar-refractivity contribution in [3.8, 4) is 11.4 Å². The van der Waals surface area contributed by atoms with Crippen LogP contribution in [0, 0.1) is 0 Å². The standard InChI is InChI=1S/C8H7BrN4/c1-13-5-11-8(12-13)6-2-3-7(9)10-4-6/h2-5H,1H3. The van der Waals surface area contributed by atoms with Crippen molar-refractivity contribution in [3.63, 3.8) is 0 Å². The molecule has 2 heterocycles. The smallest absolute Gasteiger partial charge is 0.182 e. The lowest BCUT2D eigenvalue weighted by atomic mass is 10.3. The molecule has 0 amide bonds. The molecule has 0 atom stereocenters. The Bertz CT molecular complexity index is 406. The van der Waals surface area contributed by atoms with Crippen LogP contribution >= 0.6 is 15.9 Å². The molecular formula is C8H7BrN4. The first-order chi connectivity index (χ1) is 6.25. The van der Waals surface area contributed by atoms with Gasteiger partial charge in [0, 0.05) is 18.8 Å². The molecule has 0 aliphatic heterocycles. The maximum Gasteiger partial charge on any atom is 0.182 e. The molecular weight excluding hydrogens is 232 g/mol. The van der Waals surface area contributed by atoms with E-state index in [1.807, 2.05) is 19.2 Å². The third kappa shape index (κ3) is 1.75. The van der Waals surface area contributed by atoms with Crippen molar-refractivity contribution >= 4 is 15.9 Å². The van der Waals surface area contributed by atoms with Gasteiger partial charge >= 0.3 is 0 Å². The summed E-state index contributed by atoms with van der Waals surface area (Å²) in [6.07, 6.45) is 3.40. The van der Waals surface area contributed by atoms with Gasteiger partial charge in [-0.3, -0.25) is 4.68 Å². The van der Waals surface area contributed by atoms with Crippen LogP contribution in [0.2, 0.25) is 0 Å². The summed E-state index contributed by atoms with van der Waals surface area (Å²) < 4.78 is 2.48. The van der Waals surface area contributed by atoms with Crippen molar-refractivity contribution in [1.82, 2.24) is 19.7 Å². The molecule has 13 heavy (non-hydrogen) atoms. The zero-order chi connectivity index (χ0) is 9.26. The molecule has 0 aromatic carbocycles. The summed E-state index contributed by atoms with van der Waals surface area (Å²) in [5, 5.41) is 4.16. The minimum atomic E-state index is 0.697. The molecule has 0 saturated heterocycles. The zero-order valence-corrected chi connectivity index (χ0v) is 8.56. The molecule has 5 heteroatoms. The number of pyridine rings is 1. The quantitative estimate of drug-likeness (QED) is 0.710. The van der Waals surface area contributed by atoms with E-state index in [9.17, 15) is 0 Å². The lowest BCUT2D eigenvalue weighted by Crippen LogP contribution is -1.88. The fourth-order valence-electron chi connectivity index (χ4n) is 0.980. The summed E-state index contributed by atoms with van der Waals surface area (Å²) in [5.41, 5.74) is 0.920. The fourth-order valence-corrected chi connectivity index (χ4v) is 1.21. The average molecular weight is 239 g/mol. The highest BCUT2D eigenvalue weighted by Crippen LogP contribution is 2.14. The molecule has 0 fully saturated rings. The number of aryl methyl sites for hydroxylation is 1. The zero-order valence-electron chi connectivity index (χ0n) is 6.98. The van der Waals surface area contributed by atoms with Gasteiger partial charge in [-0.05, 0) is 28.1 Å². The Kier molecular flexibility index (Phi) is 2.10. The van der Waals surface area contributed by atoms with Crippen LogP contribution in [0.4, 0.5) is 0 Å². The maximum absolute atomic E-state index is 4.16. The van der Waals surface area contributed by atoms with Gasteiger partial charge in [0.25, 0.3) is 0 Å². The normalized spacial score (nSPS) is 10.3. The van der Waals surface area contributed by atoms with Gasteiger partial charge in [0.1, 0.15) is 10.9 Å². The minimum absolute atomic E-state index is 0.697. The number of aromatic nitrogens is 4. The Labute approximate surface area is 83.8 Å². The van der Waals surface area contributed by atoms with Gasteiger partial charge < -0.3 is 0 Å². The molecule has 2 aromatic rings. The van der Waals surface area contributed by atoms with Crippen LogP contribution in [0.3, 0.4) is 0 Å². The van der Waals surface area contributed by atoms with Crippen molar-refractivity contribution in [3.05, 3.63) is 29.3 Å². The summed E-state index contributed by atoms with van der Waals surface area (Å²) in [7, 11) is 1.84. The molecule has 2 aromatic heterocycles. The minimum Gasteiger partial charge on any atom is -0.255 e. The topological polar surface area (TPSA) is 43.6 Å². The van der Waals surface area contributed by atoms with E-state index in [-0.39, 0.29) is 0 Å². The first kappa shape index (κ1) is 8.37. The van der Waals surface area contributed by atoms with Crippen LogP contribution in [-0.2, 0) is 7.05 Å². The van der Waals surface area contributed by atoms with Gasteiger partial charge in [-0.2, -0.15) is 5.10 Å². The van der Waals surface area contributed by atoms with E-state index in [1.54, 1.807) is 17.2 Å². The highest BCUT2D eigenvalue weighted by Gasteiger charge is 2.01. The van der Waals surface area contributed by atoms with Crippen LogP contribution in [-0.4, -0.2) is 19.7 Å². The van der Waals surface area contributed by atoms with E-state index in [0.717, 1.165) is 10.2 Å². The van der Waals surface area contributed by atoms with Crippen molar-refractivity contribution in [2.45, 2.75) is 0 Å². The summed E-state index contributed by atoms with van der Waals surface area (Å²) >= 11 is 3.27. The predicted octanol–water partition coefficient (Wildman–Crippen LogP) is 1.64. The van der Waals surface area contributed by atoms with E-state index in [4.69, 9.17) is 0 Å². The Morgan fingerprint density at radius 1 is 1.31 bits per heavy atom. The Morgan fingerprint density at radius 3 is 2.69 bits per heavy atom. The lowest BCUT2D eigenvalue weighted by Gasteiger charge is -1.93. The van der Waals surface area contributed by atoms with Crippen LogP contribution in [0.25, 0.3) is 11.4 Å². The van der Waals surface area contributed by atoms with Crippen molar-refractivity contribution in [2.75, 3.05) is 0 Å². The monoisotopic (exact) mass is 238 g/mol. The third-order valence-corrected chi connectivity index (χ3v) is 2.05. The molecule has 0 N–H and O–H groups in total. The summed E-state index contributed by atoms with van der Waals surface area (Å²) in [5.74, 6) is 0.697. The highest BCUT2D eigenvalue weighted by atomic mass is 79.9. The van der Waals surface area contributed by atoms with Crippen molar-refractivity contribution in [2.24, 2.45) is 7.05 Å². The van der Waals surface area contributed by atoms with E-state index >= 15 is 0 Å². The molecule has 0 radical (unpaired) electrons. The Balaban J connectivity index is 2.41. The molecule has 66 valence electrons. The molecule has 0 aliphatic carbocycles. The van der Waals surface area contributed by atoms with E-state index in [1.165, 1.54) is 0 Å². The molecule has 0 bridgehead atoms. The van der Waals surface area contributed by atoms with Crippen LogP contribution < -0.4 is 0 Å². The molecule has 4 nitrogen and oxygen atoms in total. The van der Waals surface area contributed by atoms with Gasteiger partial charge in [0.15, 0.2) is 5.82 Å². The van der Waals surface area contributed by atoms with Gasteiger partial charge in [0.05, 0.1) is 0 Å². The third-order valence-electron chi connectivity index (χ3n) is 1.59. The maximum atomic E-state index is 4.16. The second-order valence-electron chi connectivity index (χ2n) is 2.61. The summed E-state index contributed by atoms with van der Waals surface area (Å²) in [6, 6.07) is 3.79. The number of halogens is 1. The number of hydrogen-bond donors (Lipinski definition) is 0. The first-order valence-corrected chi connectivity index (χ1v) is 4.52. The number of hydrogen-bond acceptors (Lipinski definition) is 3. The fraction of sp³-hybridized carbons (Fsp3) is 0.125. The average Bonchev–Trinajstić information content (AvgIpc) is 2.53. The van der Waals surface area contributed by atoms with Gasteiger partial charge in [0.2, 0.25) is 0 Å². The Hall–Kier alpha value is -1.23. The Morgan fingerprint density at radius 2 is 2.15 bits per heavy atom. The second kappa shape index (κ2) is 3.26. The number of nitrogens with zero attached hydrogens (tertiary/aromatic N) is 4. The molecule has 0 aliphatic rings. The number of rotatable bonds is 1. The van der Waals surface area contributed by atoms with E-state index in [0.29, 0.717) is 5.82 Å². The molecule has 0 unspecified atom stereocenters. The van der Waals surface area contributed by atoms with Crippen molar-refractivity contribution < 1.29 is 0 Å². The van der Waals surface area contributed by atoms with Crippen LogP contribution in [0.5, 0.6) is 0 Å². The predicted molar refractivity (Wildman–Crippen MR) is 51.9 cm³/mol. The molecule has 0 saturated carbocycles. The summed E-state index contributed by atoms with van der Waals surface area (Å²) in [4.78, 5) is 8.20. The lowest BCUT2D eigenvalue weighted by molar-refractivity contribution is 0.768. The van der Waals surface area contributed by atoms with Gasteiger partial charge in [-0.15, -0.1) is 0 Å². The highest BCUT2D eigenvalue weighted by molar-refractivity contribution is 9.10. The SMILES string of the molecule is Cn1cnc(-c2ccc(Br)nc2)n1. The van der Waals surface area contributed by atoms with E-state index < -0.39 is 0 Å². The van der Waals surface area contributed by atoms with Crippen LogP contribution in [0.1, 0.15) is 0 Å². The van der Waals surface area contributed by atoms with E-state index in [2.05, 4.69) is 31.0 Å². The molecule has 0 spiro atoms. The molecule has 2 rings (SSSR count). The first-order valence-electron chi connectivity index (χ1n) is 3.73. The summed E-state index contributed by atoms with van der Waals surface area (Å²) in [6.45, 7) is 0. The van der Waals surface area contributed by atoms with Crippen molar-refractivity contribution in [1.29, 1.82) is 0 Å². The second-order valence-corrected chi connectivity index (χ2v) is 3.42. The van der Waals surface area contributed by atoms with Gasteiger partial charge in [-0.1, -0.05) is 0 Å². The van der Waals surface area contributed by atoms with Crippen LogP contribution in [0.15, 0.2) is 29.3 Å². The largest absolute Gasteiger partial charge is 0.255 e. The van der Waals surface area contributed by atoms with Gasteiger partial charge in [-0.25, -0.2) is 9.97 Å².